The second-order valence-corrected chi connectivity index (χ2v) is 7.16. The molecule has 0 aliphatic carbocycles. The van der Waals surface area contributed by atoms with Gasteiger partial charge in [0, 0.05) is 27.5 Å². The van der Waals surface area contributed by atoms with Crippen molar-refractivity contribution < 1.29 is 19.1 Å². The third-order valence-corrected chi connectivity index (χ3v) is 4.48. The molecular formula is C19H11BrCl2O4. The Bertz CT molecular complexity index is 962. The van der Waals surface area contributed by atoms with Crippen molar-refractivity contribution in [3.05, 3.63) is 73.7 Å². The molecule has 4 nitrogen and oxygen atoms in total. The molecule has 26 heavy (non-hydrogen) atoms. The number of rotatable bonds is 3. The van der Waals surface area contributed by atoms with Crippen LogP contribution < -0.4 is 4.74 Å². The molecule has 0 saturated heterocycles. The van der Waals surface area contributed by atoms with Crippen molar-refractivity contribution in [1.29, 1.82) is 0 Å². The van der Waals surface area contributed by atoms with Crippen molar-refractivity contribution in [2.75, 3.05) is 0 Å². The molecule has 0 aromatic heterocycles. The highest BCUT2D eigenvalue weighted by atomic mass is 79.9. The van der Waals surface area contributed by atoms with Crippen molar-refractivity contribution in [1.82, 2.24) is 0 Å². The van der Waals surface area contributed by atoms with Gasteiger partial charge in [-0.05, 0) is 36.4 Å². The van der Waals surface area contributed by atoms with Gasteiger partial charge in [-0.3, -0.25) is 4.79 Å². The molecule has 1 aliphatic heterocycles. The lowest BCUT2D eigenvalue weighted by Gasteiger charge is -2.09. The van der Waals surface area contributed by atoms with Crippen LogP contribution in [0.5, 0.6) is 5.75 Å². The van der Waals surface area contributed by atoms with E-state index in [-0.39, 0.29) is 16.3 Å². The van der Waals surface area contributed by atoms with Gasteiger partial charge >= 0.3 is 11.9 Å². The average molecular weight is 454 g/mol. The summed E-state index contributed by atoms with van der Waals surface area (Å²) in [4.78, 5) is 23.5. The van der Waals surface area contributed by atoms with Crippen LogP contribution in [0.3, 0.4) is 0 Å². The lowest BCUT2D eigenvalue weighted by molar-refractivity contribution is -0.132. The van der Waals surface area contributed by atoms with Crippen LogP contribution in [0.15, 0.2) is 52.5 Å². The number of carbonyl (C=O) groups is 2. The van der Waals surface area contributed by atoms with Crippen molar-refractivity contribution in [3.63, 3.8) is 0 Å². The highest BCUT2D eigenvalue weighted by molar-refractivity contribution is 9.10. The van der Waals surface area contributed by atoms with Crippen LogP contribution in [-0.4, -0.2) is 11.9 Å². The molecule has 3 rings (SSSR count). The molecule has 0 saturated carbocycles. The molecule has 1 aliphatic rings. The van der Waals surface area contributed by atoms with Gasteiger partial charge in [0.05, 0.1) is 10.6 Å². The molecule has 0 fully saturated rings. The first-order valence-corrected chi connectivity index (χ1v) is 8.97. The second-order valence-electron chi connectivity index (χ2n) is 5.40. The van der Waals surface area contributed by atoms with Gasteiger partial charge in [0.15, 0.2) is 5.75 Å². The topological polar surface area (TPSA) is 52.6 Å². The molecule has 0 spiro atoms. The largest absolute Gasteiger partial charge is 0.424 e. The Labute approximate surface area is 168 Å². The molecule has 0 amide bonds. The van der Waals surface area contributed by atoms with Gasteiger partial charge in [0.25, 0.3) is 0 Å². The van der Waals surface area contributed by atoms with E-state index >= 15 is 0 Å². The van der Waals surface area contributed by atoms with Gasteiger partial charge in [-0.25, -0.2) is 4.79 Å². The highest BCUT2D eigenvalue weighted by Crippen LogP contribution is 2.36. The van der Waals surface area contributed by atoms with E-state index in [4.69, 9.17) is 32.7 Å². The Morgan fingerprint density at radius 2 is 1.88 bits per heavy atom. The van der Waals surface area contributed by atoms with E-state index in [1.165, 1.54) is 19.1 Å². The maximum atomic E-state index is 12.2. The van der Waals surface area contributed by atoms with Gasteiger partial charge in [0.2, 0.25) is 0 Å². The number of ether oxygens (including phenoxy) is 2. The number of halogens is 3. The minimum absolute atomic E-state index is 0.134. The normalized spacial score (nSPS) is 15.0. The van der Waals surface area contributed by atoms with Crippen LogP contribution in [0, 0.1) is 0 Å². The lowest BCUT2D eigenvalue weighted by Crippen LogP contribution is -2.04. The van der Waals surface area contributed by atoms with Crippen LogP contribution >= 0.6 is 39.1 Å². The number of hydrogen-bond acceptors (Lipinski definition) is 4. The smallest absolute Gasteiger partial charge is 0.343 e. The van der Waals surface area contributed by atoms with Crippen LogP contribution in [0.25, 0.3) is 11.8 Å². The predicted molar refractivity (Wildman–Crippen MR) is 104 cm³/mol. The van der Waals surface area contributed by atoms with Gasteiger partial charge in [-0.2, -0.15) is 0 Å². The third kappa shape index (κ3) is 4.18. The summed E-state index contributed by atoms with van der Waals surface area (Å²) >= 11 is 15.5. The summed E-state index contributed by atoms with van der Waals surface area (Å²) in [6, 6.07) is 10.4. The number of cyclic esters (lactones) is 1. The SMILES string of the molecule is CC(=O)Oc1c(Cl)cc(Cl)cc1/C=C1\C=C(c2ccc(Br)cc2)OC1=O. The summed E-state index contributed by atoms with van der Waals surface area (Å²) in [7, 11) is 0. The Hall–Kier alpha value is -2.08. The zero-order valence-electron chi connectivity index (χ0n) is 13.4. The van der Waals surface area contributed by atoms with E-state index in [1.54, 1.807) is 12.1 Å². The number of benzene rings is 2. The van der Waals surface area contributed by atoms with Crippen LogP contribution in [0.2, 0.25) is 10.0 Å². The first kappa shape index (κ1) is 18.7. The summed E-state index contributed by atoms with van der Waals surface area (Å²) in [6.45, 7) is 1.26. The van der Waals surface area contributed by atoms with Gasteiger partial charge in [-0.15, -0.1) is 0 Å². The standard InChI is InChI=1S/C19H11BrCl2O4/c1-10(23)25-18-12(7-15(21)9-16(18)22)6-13-8-17(26-19(13)24)11-2-4-14(20)5-3-11/h2-9H,1H3/b13-6+. The molecule has 2 aromatic rings. The summed E-state index contributed by atoms with van der Waals surface area (Å²) in [5.74, 6) is -0.493. The maximum Gasteiger partial charge on any atom is 0.343 e. The molecule has 7 heteroatoms. The number of hydrogen-bond donors (Lipinski definition) is 0. The minimum Gasteiger partial charge on any atom is -0.424 e. The highest BCUT2D eigenvalue weighted by Gasteiger charge is 2.23. The van der Waals surface area contributed by atoms with E-state index in [0.29, 0.717) is 16.3 Å². The van der Waals surface area contributed by atoms with E-state index < -0.39 is 11.9 Å². The lowest BCUT2D eigenvalue weighted by atomic mass is 10.1. The first-order valence-electron chi connectivity index (χ1n) is 7.42. The Kier molecular flexibility index (Phi) is 5.51. The van der Waals surface area contributed by atoms with Crippen LogP contribution in [0.1, 0.15) is 18.1 Å². The van der Waals surface area contributed by atoms with Gasteiger partial charge in [-0.1, -0.05) is 51.3 Å². The summed E-state index contributed by atoms with van der Waals surface area (Å²) in [5, 5.41) is 0.518. The van der Waals surface area contributed by atoms with Crippen molar-refractivity contribution in [3.8, 4) is 5.75 Å². The zero-order valence-corrected chi connectivity index (χ0v) is 16.5. The predicted octanol–water partition coefficient (Wildman–Crippen LogP) is 5.66. The van der Waals surface area contributed by atoms with E-state index in [2.05, 4.69) is 15.9 Å². The third-order valence-electron chi connectivity index (χ3n) is 3.45. The maximum absolute atomic E-state index is 12.2. The molecule has 0 bridgehead atoms. The van der Waals surface area contributed by atoms with Gasteiger partial charge < -0.3 is 9.47 Å². The van der Waals surface area contributed by atoms with Crippen molar-refractivity contribution in [2.45, 2.75) is 6.92 Å². The fourth-order valence-corrected chi connectivity index (χ4v) is 3.16. The van der Waals surface area contributed by atoms with Crippen LogP contribution in [0.4, 0.5) is 0 Å². The summed E-state index contributed by atoms with van der Waals surface area (Å²) < 4.78 is 11.4. The van der Waals surface area contributed by atoms with Crippen molar-refractivity contribution in [2.24, 2.45) is 0 Å². The Morgan fingerprint density at radius 1 is 1.19 bits per heavy atom. The molecule has 2 aromatic carbocycles. The summed E-state index contributed by atoms with van der Waals surface area (Å²) in [6.07, 6.45) is 3.13. The summed E-state index contributed by atoms with van der Waals surface area (Å²) in [5.41, 5.74) is 1.45. The minimum atomic E-state index is -0.533. The second kappa shape index (κ2) is 7.66. The fourth-order valence-electron chi connectivity index (χ4n) is 2.35. The molecule has 0 atom stereocenters. The fraction of sp³-hybridized carbons (Fsp3) is 0.0526. The molecule has 0 unspecified atom stereocenters. The molecule has 132 valence electrons. The van der Waals surface area contributed by atoms with E-state index in [9.17, 15) is 9.59 Å². The van der Waals surface area contributed by atoms with Crippen molar-refractivity contribution >= 4 is 62.9 Å². The first-order chi connectivity index (χ1) is 12.3. The molecule has 0 radical (unpaired) electrons. The van der Waals surface area contributed by atoms with Crippen LogP contribution in [-0.2, 0) is 14.3 Å². The average Bonchev–Trinajstić information content (AvgIpc) is 2.92. The Morgan fingerprint density at radius 3 is 2.54 bits per heavy atom. The molecule has 1 heterocycles. The monoisotopic (exact) mass is 452 g/mol. The Balaban J connectivity index is 2.03. The van der Waals surface area contributed by atoms with E-state index in [1.807, 2.05) is 24.3 Å². The molecular weight excluding hydrogens is 443 g/mol. The molecule has 0 N–H and O–H groups in total. The quantitative estimate of drug-likeness (QED) is 0.341. The van der Waals surface area contributed by atoms with Gasteiger partial charge in [0.1, 0.15) is 5.76 Å². The van der Waals surface area contributed by atoms with E-state index in [0.717, 1.165) is 10.0 Å². The number of esters is 2. The number of carbonyl (C=O) groups excluding carboxylic acids is 2. The zero-order chi connectivity index (χ0) is 18.8.